The fourth-order valence-electron chi connectivity index (χ4n) is 4.30. The number of nitrogens with one attached hydrogen (secondary N) is 2. The maximum Gasteiger partial charge on any atom is 0.248 e. The Morgan fingerprint density at radius 3 is 1.34 bits per heavy atom. The van der Waals surface area contributed by atoms with E-state index in [2.05, 4.69) is 10.6 Å². The normalized spacial score (nSPS) is 11.4. The van der Waals surface area contributed by atoms with Gasteiger partial charge < -0.3 is 49.3 Å². The van der Waals surface area contributed by atoms with Gasteiger partial charge in [0, 0.05) is 17.7 Å². The molecule has 3 rings (SSSR count). The Balaban J connectivity index is 1.71. The number of hydrogen-bond donors (Lipinski definition) is 4. The predicted octanol–water partition coefficient (Wildman–Crippen LogP) is 5.14. The summed E-state index contributed by atoms with van der Waals surface area (Å²) < 4.78 is 32.1. The maximum atomic E-state index is 12.7. The lowest BCUT2D eigenvalue weighted by molar-refractivity contribution is -0.112. The van der Waals surface area contributed by atoms with E-state index in [1.54, 1.807) is 48.6 Å². The molecule has 0 fully saturated rings. The van der Waals surface area contributed by atoms with Crippen molar-refractivity contribution in [1.82, 2.24) is 0 Å². The predicted molar refractivity (Wildman–Crippen MR) is 179 cm³/mol. The molecule has 248 valence electrons. The summed E-state index contributed by atoms with van der Waals surface area (Å²) in [5.74, 6) is 1.86. The minimum absolute atomic E-state index is 0.119. The Kier molecular flexibility index (Phi) is 13.5. The first-order valence-corrected chi connectivity index (χ1v) is 14.1. The van der Waals surface area contributed by atoms with E-state index in [1.807, 2.05) is 0 Å². The van der Waals surface area contributed by atoms with Crippen LogP contribution in [0, 0.1) is 0 Å². The highest BCUT2D eigenvalue weighted by Crippen LogP contribution is 2.39. The first-order valence-electron chi connectivity index (χ1n) is 14.1. The second-order valence-electron chi connectivity index (χ2n) is 9.51. The summed E-state index contributed by atoms with van der Waals surface area (Å²) in [4.78, 5) is 25.4. The molecule has 0 aliphatic rings. The van der Waals surface area contributed by atoms with Crippen LogP contribution in [0.1, 0.15) is 23.0 Å². The third kappa shape index (κ3) is 9.88. The number of anilines is 2. The van der Waals surface area contributed by atoms with Crippen LogP contribution in [0.4, 0.5) is 11.4 Å². The second-order valence-corrected chi connectivity index (χ2v) is 9.51. The van der Waals surface area contributed by atoms with Crippen LogP contribution < -0.4 is 39.1 Å². The minimum atomic E-state index is -1.78. The van der Waals surface area contributed by atoms with E-state index in [-0.39, 0.29) is 16.9 Å². The van der Waals surface area contributed by atoms with E-state index < -0.39 is 18.1 Å². The Morgan fingerprint density at radius 2 is 0.979 bits per heavy atom. The van der Waals surface area contributed by atoms with Crippen LogP contribution in [-0.4, -0.2) is 64.7 Å². The van der Waals surface area contributed by atoms with Gasteiger partial charge in [0.1, 0.15) is 0 Å². The molecule has 0 saturated heterocycles. The van der Waals surface area contributed by atoms with E-state index >= 15 is 0 Å². The lowest BCUT2D eigenvalue weighted by Crippen LogP contribution is -2.14. The van der Waals surface area contributed by atoms with Crippen molar-refractivity contribution in [2.24, 2.45) is 0 Å². The molecule has 3 aromatic carbocycles. The highest BCUT2D eigenvalue weighted by Gasteiger charge is 2.14. The summed E-state index contributed by atoms with van der Waals surface area (Å²) in [6, 6.07) is 11.3. The lowest BCUT2D eigenvalue weighted by Gasteiger charge is -2.13. The summed E-state index contributed by atoms with van der Waals surface area (Å²) in [5.41, 5.74) is 2.01. The number of methoxy groups -OCH3 is 6. The van der Waals surface area contributed by atoms with Gasteiger partial charge in [-0.3, -0.25) is 9.59 Å². The number of aliphatic hydroxyl groups is 2. The van der Waals surface area contributed by atoms with Crippen molar-refractivity contribution in [3.8, 4) is 34.5 Å². The number of amides is 2. The molecule has 0 spiro atoms. The monoisotopic (exact) mass is 646 g/mol. The molecule has 47 heavy (non-hydrogen) atoms. The zero-order chi connectivity index (χ0) is 34.3. The molecule has 12 nitrogen and oxygen atoms in total. The van der Waals surface area contributed by atoms with Gasteiger partial charge in [-0.2, -0.15) is 0 Å². The largest absolute Gasteiger partial charge is 0.493 e. The van der Waals surface area contributed by atoms with Crippen molar-refractivity contribution in [2.45, 2.75) is 6.29 Å². The van der Waals surface area contributed by atoms with Crippen molar-refractivity contribution in [3.05, 3.63) is 95.6 Å². The van der Waals surface area contributed by atoms with Crippen molar-refractivity contribution in [2.75, 3.05) is 53.3 Å². The smallest absolute Gasteiger partial charge is 0.248 e. The van der Waals surface area contributed by atoms with Gasteiger partial charge in [-0.15, -0.1) is 0 Å². The SMILES string of the molecule is COc1cc(/C=C/C=C/C(=O)Nc2ccc(C(O)O)cc2NC(=O)/C=C/C=C/c2cc(OC)c(OC)c(OC)c2)cc(OC)c1OC. The van der Waals surface area contributed by atoms with E-state index in [1.165, 1.54) is 85.2 Å². The van der Waals surface area contributed by atoms with Crippen LogP contribution in [0.5, 0.6) is 34.5 Å². The molecule has 4 N–H and O–H groups in total. The molecule has 0 bridgehead atoms. The Bertz CT molecular complexity index is 1620. The van der Waals surface area contributed by atoms with Gasteiger partial charge in [0.05, 0.1) is 54.0 Å². The summed E-state index contributed by atoms with van der Waals surface area (Å²) in [6.45, 7) is 0. The van der Waals surface area contributed by atoms with Gasteiger partial charge in [0.15, 0.2) is 29.3 Å². The first-order chi connectivity index (χ1) is 22.7. The number of hydrogen-bond acceptors (Lipinski definition) is 10. The molecule has 0 radical (unpaired) electrons. The van der Waals surface area contributed by atoms with Crippen molar-refractivity contribution >= 4 is 35.3 Å². The third-order valence-corrected chi connectivity index (χ3v) is 6.53. The Morgan fingerprint density at radius 1 is 0.574 bits per heavy atom. The van der Waals surface area contributed by atoms with Crippen LogP contribution in [-0.2, 0) is 9.59 Å². The van der Waals surface area contributed by atoms with Crippen LogP contribution in [0.25, 0.3) is 12.2 Å². The minimum Gasteiger partial charge on any atom is -0.493 e. The maximum absolute atomic E-state index is 12.7. The molecule has 0 atom stereocenters. The molecule has 0 unspecified atom stereocenters. The molecule has 3 aromatic rings. The highest BCUT2D eigenvalue weighted by molar-refractivity contribution is 6.06. The first kappa shape index (κ1) is 35.8. The fourth-order valence-corrected chi connectivity index (χ4v) is 4.30. The number of aliphatic hydroxyl groups excluding tert-OH is 1. The van der Waals surface area contributed by atoms with Crippen molar-refractivity contribution < 1.29 is 48.2 Å². The summed E-state index contributed by atoms with van der Waals surface area (Å²) >= 11 is 0. The summed E-state index contributed by atoms with van der Waals surface area (Å²) in [6.07, 6.45) is 10.6. The number of ether oxygens (including phenoxy) is 6. The number of rotatable bonds is 15. The molecule has 2 amide bonds. The van der Waals surface area contributed by atoms with Crippen LogP contribution in [0.15, 0.2) is 78.9 Å². The molecule has 0 aliphatic heterocycles. The van der Waals surface area contributed by atoms with Gasteiger partial charge in [-0.05, 0) is 47.5 Å². The van der Waals surface area contributed by atoms with E-state index in [4.69, 9.17) is 28.4 Å². The Labute approximate surface area is 273 Å². The average Bonchev–Trinajstić information content (AvgIpc) is 3.08. The summed E-state index contributed by atoms with van der Waals surface area (Å²) in [7, 11) is 9.11. The standard InChI is InChI=1S/C35H38N2O10/c1-42-27-17-22(18-28(43-2)33(27)46-5)11-7-9-13-31(38)36-25-16-15-24(35(40)41)21-26(25)37-32(39)14-10-8-12-23-19-29(44-3)34(47-6)30(20-23)45-4/h7-21,35,40-41H,1-6H3,(H,36,38)(H,37,39)/b11-7+,12-8+,13-9+,14-10+. The van der Waals surface area contributed by atoms with Crippen molar-refractivity contribution in [1.29, 1.82) is 0 Å². The zero-order valence-corrected chi connectivity index (χ0v) is 26.9. The van der Waals surface area contributed by atoms with E-state index in [0.717, 1.165) is 11.1 Å². The van der Waals surface area contributed by atoms with Crippen LogP contribution >= 0.6 is 0 Å². The molecule has 0 aromatic heterocycles. The highest BCUT2D eigenvalue weighted by atomic mass is 16.5. The molecular formula is C35H38N2O10. The molecule has 0 saturated carbocycles. The van der Waals surface area contributed by atoms with Crippen LogP contribution in [0.2, 0.25) is 0 Å². The van der Waals surface area contributed by atoms with Gasteiger partial charge in [-0.1, -0.05) is 42.5 Å². The molecule has 0 aliphatic carbocycles. The number of carbonyl (C=O) groups is 2. The van der Waals surface area contributed by atoms with Crippen LogP contribution in [0.3, 0.4) is 0 Å². The fraction of sp³-hybridized carbons (Fsp3) is 0.200. The number of carbonyl (C=O) groups excluding carboxylic acids is 2. The zero-order valence-electron chi connectivity index (χ0n) is 26.9. The third-order valence-electron chi connectivity index (χ3n) is 6.53. The van der Waals surface area contributed by atoms with Gasteiger partial charge >= 0.3 is 0 Å². The second kappa shape index (κ2) is 17.7. The van der Waals surface area contributed by atoms with Crippen molar-refractivity contribution in [3.63, 3.8) is 0 Å². The van der Waals surface area contributed by atoms with Gasteiger partial charge in [0.25, 0.3) is 0 Å². The Hall–Kier alpha value is -5.72. The van der Waals surface area contributed by atoms with Gasteiger partial charge in [-0.25, -0.2) is 0 Å². The quantitative estimate of drug-likeness (QED) is 0.0992. The topological polar surface area (TPSA) is 154 Å². The molecular weight excluding hydrogens is 608 g/mol. The molecule has 12 heteroatoms. The number of benzene rings is 3. The van der Waals surface area contributed by atoms with E-state index in [0.29, 0.717) is 34.5 Å². The number of allylic oxidation sites excluding steroid dienone is 4. The average molecular weight is 647 g/mol. The van der Waals surface area contributed by atoms with E-state index in [9.17, 15) is 19.8 Å². The lowest BCUT2D eigenvalue weighted by atomic mass is 10.1. The van der Waals surface area contributed by atoms with Gasteiger partial charge in [0.2, 0.25) is 23.3 Å². The summed E-state index contributed by atoms with van der Waals surface area (Å²) in [5, 5.41) is 24.6. The molecule has 0 heterocycles.